The molecule has 94 valence electrons. The minimum Gasteiger partial charge on any atom is -0.342 e. The van der Waals surface area contributed by atoms with E-state index >= 15 is 0 Å². The Hall–Kier alpha value is -1.75. The molecule has 18 heavy (non-hydrogen) atoms. The summed E-state index contributed by atoms with van der Waals surface area (Å²) in [6, 6.07) is 0. The van der Waals surface area contributed by atoms with Crippen molar-refractivity contribution in [3.63, 3.8) is 0 Å². The molecule has 0 amide bonds. The highest BCUT2D eigenvalue weighted by Crippen LogP contribution is 2.24. The van der Waals surface area contributed by atoms with Crippen LogP contribution >= 0.6 is 0 Å². The minimum absolute atomic E-state index is 0.411. The summed E-state index contributed by atoms with van der Waals surface area (Å²) >= 11 is 0. The van der Waals surface area contributed by atoms with E-state index in [4.69, 9.17) is 4.98 Å². The Morgan fingerprint density at radius 3 is 2.89 bits per heavy atom. The molecule has 0 atom stereocenters. The largest absolute Gasteiger partial charge is 0.342 e. The first-order valence-corrected chi connectivity index (χ1v) is 6.36. The lowest BCUT2D eigenvalue weighted by Crippen LogP contribution is -2.27. The highest BCUT2D eigenvalue weighted by Gasteiger charge is 2.20. The number of hydrogen-bond donors (Lipinski definition) is 2. The molecule has 3 rings (SSSR count). The summed E-state index contributed by atoms with van der Waals surface area (Å²) in [6.07, 6.45) is 4.54. The van der Waals surface area contributed by atoms with Gasteiger partial charge in [0.25, 0.3) is 0 Å². The minimum atomic E-state index is 0.411. The lowest BCUT2D eigenvalue weighted by Gasteiger charge is -2.21. The maximum absolute atomic E-state index is 4.70. The molecule has 5 heteroatoms. The molecular weight excluding hydrogens is 226 g/mol. The van der Waals surface area contributed by atoms with E-state index in [9.17, 15) is 0 Å². The number of H-pyrrole nitrogens is 1. The summed E-state index contributed by atoms with van der Waals surface area (Å²) in [4.78, 5) is 16.6. The van der Waals surface area contributed by atoms with Gasteiger partial charge in [-0.15, -0.1) is 0 Å². The van der Waals surface area contributed by atoms with Gasteiger partial charge in [-0.2, -0.15) is 0 Å². The third-order valence-electron chi connectivity index (χ3n) is 3.23. The van der Waals surface area contributed by atoms with Crippen molar-refractivity contribution in [1.29, 1.82) is 0 Å². The maximum atomic E-state index is 4.70. The van der Waals surface area contributed by atoms with E-state index in [1.54, 1.807) is 12.4 Å². The van der Waals surface area contributed by atoms with Gasteiger partial charge in [0.05, 0.1) is 11.4 Å². The molecule has 0 radical (unpaired) electrons. The smallest absolute Gasteiger partial charge is 0.196 e. The Kier molecular flexibility index (Phi) is 2.83. The molecule has 2 aromatic rings. The number of rotatable bonds is 2. The van der Waals surface area contributed by atoms with Crippen molar-refractivity contribution in [3.05, 3.63) is 29.3 Å². The molecule has 0 saturated heterocycles. The summed E-state index contributed by atoms with van der Waals surface area (Å²) in [5.74, 6) is 1.85. The predicted octanol–water partition coefficient (Wildman–Crippen LogP) is 1.64. The van der Waals surface area contributed by atoms with E-state index in [1.165, 1.54) is 5.56 Å². The molecule has 2 aromatic heterocycles. The van der Waals surface area contributed by atoms with Gasteiger partial charge in [-0.3, -0.25) is 0 Å². The lowest BCUT2D eigenvalue weighted by atomic mass is 9.97. The number of fused-ring (bicyclic) bond motifs is 1. The normalized spacial score (nSPS) is 14.8. The van der Waals surface area contributed by atoms with Crippen molar-refractivity contribution in [3.8, 4) is 11.6 Å². The van der Waals surface area contributed by atoms with Crippen LogP contribution in [0.1, 0.15) is 36.7 Å². The van der Waals surface area contributed by atoms with Crippen LogP contribution in [0.3, 0.4) is 0 Å². The predicted molar refractivity (Wildman–Crippen MR) is 69.1 cm³/mol. The summed E-state index contributed by atoms with van der Waals surface area (Å²) in [5.41, 5.74) is 3.60. The molecule has 0 unspecified atom stereocenters. The first kappa shape index (κ1) is 11.3. The fraction of sp³-hybridized carbons (Fsp3) is 0.462. The molecule has 1 aliphatic heterocycles. The van der Waals surface area contributed by atoms with E-state index in [0.29, 0.717) is 11.7 Å². The molecule has 0 fully saturated rings. The van der Waals surface area contributed by atoms with Gasteiger partial charge in [0.2, 0.25) is 0 Å². The van der Waals surface area contributed by atoms with Crippen molar-refractivity contribution in [2.75, 3.05) is 6.54 Å². The summed E-state index contributed by atoms with van der Waals surface area (Å²) in [6.45, 7) is 6.19. The second-order valence-electron chi connectivity index (χ2n) is 4.88. The number of hydrogen-bond acceptors (Lipinski definition) is 4. The number of aromatic amines is 1. The fourth-order valence-electron chi connectivity index (χ4n) is 2.36. The first-order valence-electron chi connectivity index (χ1n) is 6.36. The van der Waals surface area contributed by atoms with Gasteiger partial charge >= 0.3 is 0 Å². The first-order chi connectivity index (χ1) is 8.75. The van der Waals surface area contributed by atoms with Crippen LogP contribution in [0.5, 0.6) is 0 Å². The van der Waals surface area contributed by atoms with Gasteiger partial charge in [-0.25, -0.2) is 15.0 Å². The van der Waals surface area contributed by atoms with E-state index in [2.05, 4.69) is 34.1 Å². The van der Waals surface area contributed by atoms with Crippen LogP contribution in [0, 0.1) is 0 Å². The Morgan fingerprint density at radius 1 is 1.28 bits per heavy atom. The van der Waals surface area contributed by atoms with Crippen LogP contribution in [0.4, 0.5) is 0 Å². The van der Waals surface area contributed by atoms with E-state index in [1.807, 2.05) is 0 Å². The number of aromatic nitrogens is 4. The topological polar surface area (TPSA) is 66.5 Å². The SMILES string of the molecule is CC(C)c1nc(-c2ncc[nH]2)nc2c1CCNC2. The van der Waals surface area contributed by atoms with Crippen LogP contribution in [0.25, 0.3) is 11.6 Å². The zero-order chi connectivity index (χ0) is 12.5. The van der Waals surface area contributed by atoms with Crippen molar-refractivity contribution in [2.45, 2.75) is 32.7 Å². The molecule has 0 aliphatic carbocycles. The van der Waals surface area contributed by atoms with Gasteiger partial charge in [-0.05, 0) is 24.4 Å². The summed E-state index contributed by atoms with van der Waals surface area (Å²) < 4.78 is 0. The Labute approximate surface area is 106 Å². The second-order valence-corrected chi connectivity index (χ2v) is 4.88. The average molecular weight is 243 g/mol. The second kappa shape index (κ2) is 4.49. The van der Waals surface area contributed by atoms with Gasteiger partial charge in [0, 0.05) is 18.9 Å². The molecule has 5 nitrogen and oxygen atoms in total. The van der Waals surface area contributed by atoms with Crippen molar-refractivity contribution in [2.24, 2.45) is 0 Å². The fourth-order valence-corrected chi connectivity index (χ4v) is 2.36. The Morgan fingerprint density at radius 2 is 2.17 bits per heavy atom. The van der Waals surface area contributed by atoms with Crippen LogP contribution in [0.15, 0.2) is 12.4 Å². The average Bonchev–Trinajstić information content (AvgIpc) is 2.91. The van der Waals surface area contributed by atoms with Gasteiger partial charge in [0.1, 0.15) is 0 Å². The maximum Gasteiger partial charge on any atom is 0.196 e. The number of imidazole rings is 1. The molecule has 0 spiro atoms. The van der Waals surface area contributed by atoms with Crippen LogP contribution in [-0.4, -0.2) is 26.5 Å². The molecule has 0 aromatic carbocycles. The number of nitrogens with zero attached hydrogens (tertiary/aromatic N) is 3. The highest BCUT2D eigenvalue weighted by atomic mass is 15.0. The van der Waals surface area contributed by atoms with Crippen molar-refractivity contribution >= 4 is 0 Å². The molecular formula is C13H17N5. The van der Waals surface area contributed by atoms with E-state index in [-0.39, 0.29) is 0 Å². The molecule has 2 N–H and O–H groups in total. The lowest BCUT2D eigenvalue weighted by molar-refractivity contribution is 0.609. The number of nitrogens with one attached hydrogen (secondary N) is 2. The quantitative estimate of drug-likeness (QED) is 0.841. The van der Waals surface area contributed by atoms with Crippen LogP contribution in [0.2, 0.25) is 0 Å². The van der Waals surface area contributed by atoms with Gasteiger partial charge < -0.3 is 10.3 Å². The Balaban J connectivity index is 2.15. The Bertz CT molecular complexity index is 545. The molecule has 0 bridgehead atoms. The van der Waals surface area contributed by atoms with Gasteiger partial charge in [0.15, 0.2) is 11.6 Å². The van der Waals surface area contributed by atoms with Crippen LogP contribution < -0.4 is 5.32 Å². The van der Waals surface area contributed by atoms with Gasteiger partial charge in [-0.1, -0.05) is 13.8 Å². The molecule has 3 heterocycles. The van der Waals surface area contributed by atoms with E-state index in [0.717, 1.165) is 36.7 Å². The zero-order valence-electron chi connectivity index (χ0n) is 10.7. The summed E-state index contributed by atoms with van der Waals surface area (Å²) in [7, 11) is 0. The standard InChI is InChI=1S/C13H17N5/c1-8(2)11-9-3-4-14-7-10(9)17-13(18-11)12-15-5-6-16-12/h5-6,8,14H,3-4,7H2,1-2H3,(H,15,16). The summed E-state index contributed by atoms with van der Waals surface area (Å²) in [5, 5.41) is 3.36. The molecule has 0 saturated carbocycles. The third kappa shape index (κ3) is 1.90. The zero-order valence-corrected chi connectivity index (χ0v) is 10.7. The van der Waals surface area contributed by atoms with Crippen LogP contribution in [-0.2, 0) is 13.0 Å². The highest BCUT2D eigenvalue weighted by molar-refractivity contribution is 5.46. The molecule has 1 aliphatic rings. The van der Waals surface area contributed by atoms with Crippen molar-refractivity contribution < 1.29 is 0 Å². The van der Waals surface area contributed by atoms with E-state index < -0.39 is 0 Å². The van der Waals surface area contributed by atoms with Crippen molar-refractivity contribution in [1.82, 2.24) is 25.3 Å². The third-order valence-corrected chi connectivity index (χ3v) is 3.23. The monoisotopic (exact) mass is 243 g/mol.